The number of para-hydroxylation sites is 1. The fraction of sp³-hybridized carbons (Fsp3) is 0.476. The van der Waals surface area contributed by atoms with Gasteiger partial charge in [0.2, 0.25) is 5.91 Å². The van der Waals surface area contributed by atoms with Gasteiger partial charge in [0.25, 0.3) is 0 Å². The van der Waals surface area contributed by atoms with Crippen LogP contribution in [0.3, 0.4) is 0 Å². The van der Waals surface area contributed by atoms with Gasteiger partial charge in [-0.15, -0.1) is 11.3 Å². The van der Waals surface area contributed by atoms with Crippen molar-refractivity contribution < 1.29 is 19.1 Å². The van der Waals surface area contributed by atoms with Gasteiger partial charge < -0.3 is 9.64 Å². The molecule has 4 nitrogen and oxygen atoms in total. The Balaban J connectivity index is 1.91. The molecule has 1 aromatic carbocycles. The van der Waals surface area contributed by atoms with Crippen molar-refractivity contribution in [2.75, 3.05) is 31.6 Å². The Hall–Kier alpha value is -1.69. The number of nitrogens with zero attached hydrogens (tertiary/aromatic N) is 2. The number of methoxy groups -OCH3 is 1. The zero-order valence-electron chi connectivity index (χ0n) is 21.8. The number of likely N-dealkylation sites (tertiary alicyclic amines) is 1. The fourth-order valence-electron chi connectivity index (χ4n) is 3.31. The number of hydrogen-bond donors (Lipinski definition) is 0. The van der Waals surface area contributed by atoms with Gasteiger partial charge >= 0.3 is 0 Å². The molecule has 0 spiro atoms. The number of piperidine rings is 1. The van der Waals surface area contributed by atoms with E-state index in [0.29, 0.717) is 5.69 Å². The van der Waals surface area contributed by atoms with Crippen LogP contribution in [0.2, 0.25) is 0 Å². The van der Waals surface area contributed by atoms with Crippen LogP contribution in [0.1, 0.15) is 40.5 Å². The number of rotatable bonds is 7. The summed E-state index contributed by atoms with van der Waals surface area (Å²) in [6, 6.07) is 12.1. The van der Waals surface area contributed by atoms with E-state index in [1.165, 1.54) is 18.4 Å². The van der Waals surface area contributed by atoms with Crippen molar-refractivity contribution in [3.05, 3.63) is 52.7 Å². The predicted octanol–water partition coefficient (Wildman–Crippen LogP) is 4.17. The topological polar surface area (TPSA) is 32.8 Å². The molecule has 140 valence electrons. The number of benzene rings is 1. The number of ether oxygens (including phenoxy) is 1. The normalized spacial score (nSPS) is 22.7. The van der Waals surface area contributed by atoms with E-state index < -0.39 is 31.4 Å². The average molecular weight is 380 g/mol. The van der Waals surface area contributed by atoms with Crippen molar-refractivity contribution in [2.24, 2.45) is 0 Å². The lowest BCUT2D eigenvalue weighted by Gasteiger charge is -2.47. The predicted molar refractivity (Wildman–Crippen MR) is 108 cm³/mol. The first-order chi connectivity index (χ1) is 15.3. The Morgan fingerprint density at radius 1 is 1.31 bits per heavy atom. The molecule has 1 saturated heterocycles. The van der Waals surface area contributed by atoms with E-state index in [0.717, 1.165) is 9.78 Å². The molecule has 0 unspecified atom stereocenters. The lowest BCUT2D eigenvalue weighted by atomic mass is 9.96. The Labute approximate surface area is 170 Å². The Morgan fingerprint density at radius 3 is 2.69 bits per heavy atom. The maximum Gasteiger partial charge on any atom is 0.229 e. The number of aryl methyl sites for hydroxylation is 1. The van der Waals surface area contributed by atoms with Crippen LogP contribution in [-0.4, -0.2) is 43.2 Å². The first kappa shape index (κ1) is 11.9. The van der Waals surface area contributed by atoms with E-state index in [4.69, 9.17) is 14.3 Å². The standard InChI is InChI=1S/C21H28N2O2S/c1-3-20(24)23(18-8-5-4-6-9-18)21(25-2)12-15-22(16-13-21)14-11-19-10-7-17-26-19/h4-10,17H,3,11-16H2,1-2H3/i1D3,3D2,14D2. The second kappa shape index (κ2) is 8.80. The smallest absolute Gasteiger partial charge is 0.229 e. The van der Waals surface area contributed by atoms with Crippen LogP contribution in [0.15, 0.2) is 47.8 Å². The zero-order valence-corrected chi connectivity index (χ0v) is 15.6. The molecule has 0 N–H and O–H groups in total. The molecule has 0 aliphatic carbocycles. The quantitative estimate of drug-likeness (QED) is 0.677. The van der Waals surface area contributed by atoms with Crippen molar-refractivity contribution in [3.63, 3.8) is 0 Å². The van der Waals surface area contributed by atoms with E-state index in [9.17, 15) is 4.79 Å². The highest BCUT2D eigenvalue weighted by atomic mass is 32.1. The summed E-state index contributed by atoms with van der Waals surface area (Å²) < 4.78 is 61.8. The molecule has 2 heterocycles. The fourth-order valence-corrected chi connectivity index (χ4v) is 3.94. The number of amides is 1. The Bertz CT molecular complexity index is 928. The minimum Gasteiger partial charge on any atom is -0.358 e. The van der Waals surface area contributed by atoms with Crippen LogP contribution in [0.25, 0.3) is 0 Å². The molecule has 5 heteroatoms. The number of carbonyl (C=O) groups is 1. The number of thiophene rings is 1. The summed E-state index contributed by atoms with van der Waals surface area (Å²) in [6.45, 7) is -4.27. The summed E-state index contributed by atoms with van der Waals surface area (Å²) in [5.41, 5.74) is -0.987. The van der Waals surface area contributed by atoms with Gasteiger partial charge in [-0.1, -0.05) is 31.1 Å². The molecule has 1 fully saturated rings. The van der Waals surface area contributed by atoms with Crippen molar-refractivity contribution >= 4 is 22.9 Å². The molecule has 0 radical (unpaired) electrons. The number of hydrogen-bond acceptors (Lipinski definition) is 4. The largest absolute Gasteiger partial charge is 0.358 e. The summed E-state index contributed by atoms with van der Waals surface area (Å²) in [5.74, 6) is -1.20. The molecule has 3 rings (SSSR count). The highest BCUT2D eigenvalue weighted by Crippen LogP contribution is 2.34. The number of anilines is 1. The average Bonchev–Trinajstić information content (AvgIpc) is 3.26. The molecule has 1 aromatic heterocycles. The zero-order chi connectivity index (χ0) is 24.5. The van der Waals surface area contributed by atoms with Crippen molar-refractivity contribution in [1.82, 2.24) is 4.90 Å². The molecular weight excluding hydrogens is 344 g/mol. The maximum atomic E-state index is 13.4. The van der Waals surface area contributed by atoms with Crippen LogP contribution >= 0.6 is 11.3 Å². The van der Waals surface area contributed by atoms with Crippen molar-refractivity contribution in [1.29, 1.82) is 0 Å². The van der Waals surface area contributed by atoms with E-state index >= 15 is 0 Å². The summed E-state index contributed by atoms with van der Waals surface area (Å²) in [5, 5.41) is 1.90. The van der Waals surface area contributed by atoms with Crippen LogP contribution in [0.4, 0.5) is 5.69 Å². The van der Waals surface area contributed by atoms with Gasteiger partial charge in [-0.3, -0.25) is 9.69 Å². The lowest BCUT2D eigenvalue weighted by Crippen LogP contribution is -2.59. The minimum atomic E-state index is -3.16. The van der Waals surface area contributed by atoms with Crippen LogP contribution in [0, 0.1) is 0 Å². The molecule has 1 aliphatic rings. The summed E-state index contributed by atoms with van der Waals surface area (Å²) in [7, 11) is 1.41. The summed E-state index contributed by atoms with van der Waals surface area (Å²) >= 11 is 1.49. The van der Waals surface area contributed by atoms with Crippen LogP contribution < -0.4 is 4.90 Å². The monoisotopic (exact) mass is 379 g/mol. The van der Waals surface area contributed by atoms with Crippen molar-refractivity contribution in [2.45, 2.75) is 38.2 Å². The third kappa shape index (κ3) is 4.17. The van der Waals surface area contributed by atoms with Gasteiger partial charge in [-0.25, -0.2) is 0 Å². The first-order valence-corrected chi connectivity index (χ1v) is 9.44. The Kier molecular flexibility index (Phi) is 4.03. The molecule has 0 atom stereocenters. The van der Waals surface area contributed by atoms with Crippen LogP contribution in [-0.2, 0) is 16.0 Å². The van der Waals surface area contributed by atoms with Gasteiger partial charge in [-0.2, -0.15) is 0 Å². The molecular formula is C21H28N2O2S. The van der Waals surface area contributed by atoms with E-state index in [2.05, 4.69) is 0 Å². The molecule has 26 heavy (non-hydrogen) atoms. The van der Waals surface area contributed by atoms with E-state index in [1.54, 1.807) is 35.2 Å². The maximum absolute atomic E-state index is 13.4. The number of carbonyl (C=O) groups excluding carboxylic acids is 1. The molecule has 2 aromatic rings. The van der Waals surface area contributed by atoms with Gasteiger partial charge in [-0.05, 0) is 30.0 Å². The Morgan fingerprint density at radius 2 is 2.08 bits per heavy atom. The molecule has 1 amide bonds. The van der Waals surface area contributed by atoms with E-state index in [-0.39, 0.29) is 32.4 Å². The van der Waals surface area contributed by atoms with E-state index in [1.807, 2.05) is 17.5 Å². The second-order valence-electron chi connectivity index (χ2n) is 6.15. The highest BCUT2D eigenvalue weighted by molar-refractivity contribution is 7.09. The van der Waals surface area contributed by atoms with Gasteiger partial charge in [0.05, 0.1) is 0 Å². The highest BCUT2D eigenvalue weighted by Gasteiger charge is 2.42. The third-order valence-corrected chi connectivity index (χ3v) is 5.59. The molecule has 0 bridgehead atoms. The SMILES string of the molecule is [2H]C([2H])(Cc1cccs1)N1CCC(OC)(N(C(=O)C([2H])([2H])C([2H])([2H])[2H])c2ccccc2)CC1. The van der Waals surface area contributed by atoms with Gasteiger partial charge in [0, 0.05) is 66.1 Å². The van der Waals surface area contributed by atoms with Gasteiger partial charge in [0.1, 0.15) is 5.72 Å². The molecule has 0 saturated carbocycles. The van der Waals surface area contributed by atoms with Crippen LogP contribution in [0.5, 0.6) is 0 Å². The van der Waals surface area contributed by atoms with Crippen molar-refractivity contribution in [3.8, 4) is 0 Å². The lowest BCUT2D eigenvalue weighted by molar-refractivity contribution is -0.128. The minimum absolute atomic E-state index is 0.186. The second-order valence-corrected chi connectivity index (χ2v) is 7.18. The third-order valence-electron chi connectivity index (χ3n) is 4.71. The first-order valence-electron chi connectivity index (χ1n) is 12.1. The molecule has 1 aliphatic heterocycles. The summed E-state index contributed by atoms with van der Waals surface area (Å²) in [4.78, 5) is 17.1. The summed E-state index contributed by atoms with van der Waals surface area (Å²) in [6.07, 6.45) is -2.52. The van der Waals surface area contributed by atoms with Gasteiger partial charge in [0.15, 0.2) is 0 Å².